The van der Waals surface area contributed by atoms with Gasteiger partial charge in [-0.05, 0) is 75.0 Å². The molecule has 0 fully saturated rings. The lowest BCUT2D eigenvalue weighted by Crippen LogP contribution is -2.31. The molecule has 1 N–H and O–H groups in total. The summed E-state index contributed by atoms with van der Waals surface area (Å²) >= 11 is 0. The highest BCUT2D eigenvalue weighted by Crippen LogP contribution is 2.52. The highest BCUT2D eigenvalue weighted by atomic mass is 16.3. The number of para-hydroxylation sites is 1. The average Bonchev–Trinajstić information content (AvgIpc) is 3.04. The standard InChI is InChI=1S/C43H43N3O/c1-41(2,3)30-17-13-27(14-18-30)29-16-24-39(44-26-29)46-36-12-10-9-11-33(36)43(7,8)34-20-15-28(25-37(34)46)35-22-19-31-32(42(4,5)6)21-23-38(47)40(31)45-35/h9-26,47H,1-8H3. The highest BCUT2D eigenvalue weighted by Gasteiger charge is 2.37. The van der Waals surface area contributed by atoms with Gasteiger partial charge in [0.25, 0.3) is 0 Å². The zero-order chi connectivity index (χ0) is 33.3. The molecule has 6 aromatic rings. The van der Waals surface area contributed by atoms with E-state index in [-0.39, 0.29) is 22.0 Å². The third kappa shape index (κ3) is 5.26. The summed E-state index contributed by atoms with van der Waals surface area (Å²) < 4.78 is 0. The lowest BCUT2D eigenvalue weighted by atomic mass is 9.73. The van der Waals surface area contributed by atoms with Gasteiger partial charge in [0.1, 0.15) is 17.1 Å². The van der Waals surface area contributed by atoms with Crippen LogP contribution in [0.3, 0.4) is 0 Å². The van der Waals surface area contributed by atoms with Crippen LogP contribution in [0.25, 0.3) is 33.3 Å². The normalized spacial score (nSPS) is 14.2. The van der Waals surface area contributed by atoms with E-state index in [9.17, 15) is 5.11 Å². The Balaban J connectivity index is 1.34. The summed E-state index contributed by atoms with van der Waals surface area (Å²) in [5, 5.41) is 11.8. The summed E-state index contributed by atoms with van der Waals surface area (Å²) in [4.78, 5) is 12.4. The van der Waals surface area contributed by atoms with Crippen molar-refractivity contribution < 1.29 is 5.11 Å². The fraction of sp³-hybridized carbons (Fsp3) is 0.256. The van der Waals surface area contributed by atoms with Gasteiger partial charge in [-0.2, -0.15) is 0 Å². The van der Waals surface area contributed by atoms with Crippen LogP contribution in [0.5, 0.6) is 5.75 Å². The number of aromatic hydroxyl groups is 1. The van der Waals surface area contributed by atoms with E-state index >= 15 is 0 Å². The summed E-state index contributed by atoms with van der Waals surface area (Å²) in [5.41, 5.74) is 11.7. The maximum Gasteiger partial charge on any atom is 0.141 e. The molecule has 236 valence electrons. The maximum atomic E-state index is 10.9. The monoisotopic (exact) mass is 617 g/mol. The largest absolute Gasteiger partial charge is 0.506 e. The molecular weight excluding hydrogens is 574 g/mol. The van der Waals surface area contributed by atoms with E-state index in [2.05, 4.69) is 151 Å². The first-order valence-electron chi connectivity index (χ1n) is 16.5. The minimum atomic E-state index is -0.216. The number of phenols is 1. The van der Waals surface area contributed by atoms with E-state index in [1.165, 1.54) is 22.3 Å². The van der Waals surface area contributed by atoms with Crippen LogP contribution in [0.15, 0.2) is 109 Å². The summed E-state index contributed by atoms with van der Waals surface area (Å²) in [6.07, 6.45) is 1.98. The van der Waals surface area contributed by atoms with Gasteiger partial charge < -0.3 is 5.11 Å². The highest BCUT2D eigenvalue weighted by molar-refractivity contribution is 5.91. The second kappa shape index (κ2) is 10.8. The molecule has 2 aromatic heterocycles. The third-order valence-electron chi connectivity index (χ3n) is 9.73. The molecule has 4 heteroatoms. The smallest absolute Gasteiger partial charge is 0.141 e. The summed E-state index contributed by atoms with van der Waals surface area (Å²) in [5.74, 6) is 1.06. The molecule has 4 nitrogen and oxygen atoms in total. The molecule has 0 amide bonds. The minimum absolute atomic E-state index is 0.0706. The Morgan fingerprint density at radius 1 is 0.638 bits per heavy atom. The van der Waals surface area contributed by atoms with Gasteiger partial charge in [0.15, 0.2) is 0 Å². The van der Waals surface area contributed by atoms with Gasteiger partial charge in [0.2, 0.25) is 0 Å². The van der Waals surface area contributed by atoms with Crippen LogP contribution in [-0.4, -0.2) is 15.1 Å². The molecule has 7 rings (SSSR count). The number of phenolic OH excluding ortho intramolecular Hbond substituents is 1. The summed E-state index contributed by atoms with van der Waals surface area (Å²) in [6.45, 7) is 17.9. The van der Waals surface area contributed by atoms with Gasteiger partial charge in [-0.1, -0.05) is 122 Å². The van der Waals surface area contributed by atoms with Crippen molar-refractivity contribution in [1.82, 2.24) is 9.97 Å². The number of aromatic nitrogens is 2. The van der Waals surface area contributed by atoms with E-state index in [1.54, 1.807) is 6.07 Å². The van der Waals surface area contributed by atoms with E-state index in [0.29, 0.717) is 5.52 Å². The first kappa shape index (κ1) is 30.7. The van der Waals surface area contributed by atoms with Crippen molar-refractivity contribution in [2.24, 2.45) is 0 Å². The molecule has 1 aliphatic rings. The Labute approximate surface area is 278 Å². The van der Waals surface area contributed by atoms with Gasteiger partial charge in [0.05, 0.1) is 17.1 Å². The van der Waals surface area contributed by atoms with Crippen LogP contribution in [0.1, 0.15) is 77.6 Å². The minimum Gasteiger partial charge on any atom is -0.506 e. The number of hydrogen-bond donors (Lipinski definition) is 1. The zero-order valence-electron chi connectivity index (χ0n) is 28.7. The van der Waals surface area contributed by atoms with Gasteiger partial charge in [-0.25, -0.2) is 9.97 Å². The van der Waals surface area contributed by atoms with Crippen LogP contribution in [0.4, 0.5) is 17.2 Å². The van der Waals surface area contributed by atoms with E-state index in [0.717, 1.165) is 45.0 Å². The summed E-state index contributed by atoms with van der Waals surface area (Å²) in [6, 6.07) is 36.3. The number of pyridine rings is 2. The Kier molecular flexibility index (Phi) is 7.05. The van der Waals surface area contributed by atoms with Gasteiger partial charge >= 0.3 is 0 Å². The van der Waals surface area contributed by atoms with E-state index in [1.807, 2.05) is 12.3 Å². The van der Waals surface area contributed by atoms with Gasteiger partial charge in [-0.15, -0.1) is 0 Å². The van der Waals surface area contributed by atoms with Crippen LogP contribution in [0.2, 0.25) is 0 Å². The number of benzene rings is 4. The first-order chi connectivity index (χ1) is 22.2. The first-order valence-corrected chi connectivity index (χ1v) is 16.5. The Morgan fingerprint density at radius 2 is 1.32 bits per heavy atom. The second-order valence-corrected chi connectivity index (χ2v) is 15.4. The Morgan fingerprint density at radius 3 is 2.00 bits per heavy atom. The lowest BCUT2D eigenvalue weighted by molar-refractivity contribution is 0.479. The van der Waals surface area contributed by atoms with Gasteiger partial charge in [-0.3, -0.25) is 4.90 Å². The third-order valence-corrected chi connectivity index (χ3v) is 9.73. The van der Waals surface area contributed by atoms with E-state index < -0.39 is 0 Å². The predicted octanol–water partition coefficient (Wildman–Crippen LogP) is 11.4. The fourth-order valence-corrected chi connectivity index (χ4v) is 6.99. The molecule has 0 bridgehead atoms. The second-order valence-electron chi connectivity index (χ2n) is 15.4. The van der Waals surface area contributed by atoms with Crippen LogP contribution in [0, 0.1) is 0 Å². The SMILES string of the molecule is CC(C)(C)c1ccc(-c2ccc(N3c4ccccc4C(C)(C)c4ccc(-c5ccc6c(C(C)(C)C)ccc(O)c6n5)cc43)nc2)cc1. The van der Waals surface area contributed by atoms with Crippen LogP contribution >= 0.6 is 0 Å². The number of fused-ring (bicyclic) bond motifs is 3. The van der Waals surface area contributed by atoms with Crippen molar-refractivity contribution in [1.29, 1.82) is 0 Å². The molecule has 0 unspecified atom stereocenters. The molecule has 0 spiro atoms. The van der Waals surface area contributed by atoms with Crippen LogP contribution in [-0.2, 0) is 16.2 Å². The Hall–Kier alpha value is -4.96. The average molecular weight is 618 g/mol. The number of anilines is 3. The van der Waals surface area contributed by atoms with Crippen molar-refractivity contribution in [3.63, 3.8) is 0 Å². The summed E-state index contributed by atoms with van der Waals surface area (Å²) in [7, 11) is 0. The van der Waals surface area contributed by atoms with Crippen molar-refractivity contribution in [2.75, 3.05) is 4.90 Å². The molecule has 0 aliphatic carbocycles. The molecule has 0 radical (unpaired) electrons. The topological polar surface area (TPSA) is 49.2 Å². The number of nitrogens with zero attached hydrogens (tertiary/aromatic N) is 3. The Bertz CT molecular complexity index is 2130. The molecule has 1 aliphatic heterocycles. The molecular formula is C43H43N3O. The molecule has 0 atom stereocenters. The zero-order valence-corrected chi connectivity index (χ0v) is 28.7. The lowest BCUT2D eigenvalue weighted by Gasteiger charge is -2.41. The van der Waals surface area contributed by atoms with E-state index in [4.69, 9.17) is 9.97 Å². The van der Waals surface area contributed by atoms with Gasteiger partial charge in [0, 0.05) is 28.1 Å². The number of hydrogen-bond acceptors (Lipinski definition) is 4. The quantitative estimate of drug-likeness (QED) is 0.215. The number of rotatable bonds is 3. The van der Waals surface area contributed by atoms with Crippen molar-refractivity contribution in [3.05, 3.63) is 132 Å². The molecule has 0 saturated heterocycles. The van der Waals surface area contributed by atoms with Crippen molar-refractivity contribution in [3.8, 4) is 28.1 Å². The van der Waals surface area contributed by atoms with Crippen molar-refractivity contribution in [2.45, 2.75) is 71.6 Å². The molecule has 0 saturated carbocycles. The maximum absolute atomic E-state index is 10.9. The predicted molar refractivity (Wildman–Crippen MR) is 196 cm³/mol. The van der Waals surface area contributed by atoms with Crippen LogP contribution < -0.4 is 4.90 Å². The molecule has 4 aromatic carbocycles. The fourth-order valence-electron chi connectivity index (χ4n) is 6.99. The van der Waals surface area contributed by atoms with Crippen molar-refractivity contribution >= 4 is 28.1 Å². The molecule has 47 heavy (non-hydrogen) atoms. The molecule has 3 heterocycles.